The summed E-state index contributed by atoms with van der Waals surface area (Å²) in [5, 5.41) is 9.91. The Hall–Kier alpha value is -0.360. The van der Waals surface area contributed by atoms with E-state index in [4.69, 9.17) is 0 Å². The molecule has 4 nitrogen and oxygen atoms in total. The maximum atomic E-state index is 12.6. The fourth-order valence-electron chi connectivity index (χ4n) is 3.78. The van der Waals surface area contributed by atoms with Crippen LogP contribution in [0.3, 0.4) is 0 Å². The quantitative estimate of drug-likeness (QED) is 0.846. The number of amides is 1. The van der Waals surface area contributed by atoms with E-state index in [0.717, 1.165) is 43.1 Å². The van der Waals surface area contributed by atoms with E-state index in [0.29, 0.717) is 11.3 Å². The molecule has 0 radical (unpaired) electrons. The van der Waals surface area contributed by atoms with Gasteiger partial charge < -0.3 is 10.6 Å². The van der Waals surface area contributed by atoms with Crippen LogP contribution < -0.4 is 10.6 Å². The number of hydrogen-bond donors (Lipinski definition) is 2. The third-order valence-corrected chi connectivity index (χ3v) is 6.45. The van der Waals surface area contributed by atoms with Crippen LogP contribution in [0.4, 0.5) is 0 Å². The molecule has 1 aromatic heterocycles. The summed E-state index contributed by atoms with van der Waals surface area (Å²) >= 11 is 1.69. The highest BCUT2D eigenvalue weighted by molar-refractivity contribution is 7.09. The molecule has 2 aliphatic carbocycles. The number of halogens is 2. The van der Waals surface area contributed by atoms with E-state index < -0.39 is 0 Å². The van der Waals surface area contributed by atoms with Gasteiger partial charge in [0.1, 0.15) is 5.01 Å². The molecule has 2 heterocycles. The molecule has 0 bridgehead atoms. The Kier molecular flexibility index (Phi) is 5.99. The SMILES string of the molecule is Cc1csc(C(NC(=O)C2CC23CCNCC3)C2CC2)n1.Cl.Cl. The average Bonchev–Trinajstić information content (AvgIpc) is 3.38. The lowest BCUT2D eigenvalue weighted by Crippen LogP contribution is -2.35. The van der Waals surface area contributed by atoms with Crippen molar-refractivity contribution in [3.63, 3.8) is 0 Å². The molecule has 7 heteroatoms. The zero-order valence-corrected chi connectivity index (χ0v) is 15.8. The number of aromatic nitrogens is 1. The van der Waals surface area contributed by atoms with Crippen LogP contribution in [0.2, 0.25) is 0 Å². The first kappa shape index (κ1) is 19.0. The number of rotatable bonds is 4. The second-order valence-corrected chi connectivity index (χ2v) is 7.91. The van der Waals surface area contributed by atoms with Gasteiger partial charge >= 0.3 is 0 Å². The third-order valence-electron chi connectivity index (χ3n) is 5.40. The van der Waals surface area contributed by atoms with Gasteiger partial charge in [0.25, 0.3) is 0 Å². The summed E-state index contributed by atoms with van der Waals surface area (Å²) in [6.07, 6.45) is 5.87. The van der Waals surface area contributed by atoms with Gasteiger partial charge in [0.2, 0.25) is 5.91 Å². The Morgan fingerprint density at radius 1 is 1.39 bits per heavy atom. The predicted molar refractivity (Wildman–Crippen MR) is 97.6 cm³/mol. The molecule has 1 saturated heterocycles. The first-order chi connectivity index (χ1) is 10.2. The van der Waals surface area contributed by atoms with Gasteiger partial charge in [0, 0.05) is 17.0 Å². The monoisotopic (exact) mass is 377 g/mol. The van der Waals surface area contributed by atoms with Crippen LogP contribution in [-0.4, -0.2) is 24.0 Å². The van der Waals surface area contributed by atoms with Gasteiger partial charge in [-0.25, -0.2) is 4.98 Å². The molecule has 130 valence electrons. The first-order valence-electron chi connectivity index (χ1n) is 8.11. The largest absolute Gasteiger partial charge is 0.346 e. The molecular weight excluding hydrogens is 353 g/mol. The molecule has 3 fully saturated rings. The van der Waals surface area contributed by atoms with E-state index in [1.807, 2.05) is 6.92 Å². The van der Waals surface area contributed by atoms with Crippen molar-refractivity contribution >= 4 is 42.1 Å². The summed E-state index contributed by atoms with van der Waals surface area (Å²) in [5.41, 5.74) is 1.39. The lowest BCUT2D eigenvalue weighted by molar-refractivity contribution is -0.124. The number of hydrogen-bond acceptors (Lipinski definition) is 4. The van der Waals surface area contributed by atoms with Crippen molar-refractivity contribution in [1.82, 2.24) is 15.6 Å². The van der Waals surface area contributed by atoms with Crippen molar-refractivity contribution < 1.29 is 4.79 Å². The maximum Gasteiger partial charge on any atom is 0.224 e. The van der Waals surface area contributed by atoms with Crippen molar-refractivity contribution in [3.8, 4) is 0 Å². The third kappa shape index (κ3) is 3.84. The number of carbonyl (C=O) groups excluding carboxylic acids is 1. The summed E-state index contributed by atoms with van der Waals surface area (Å²) in [4.78, 5) is 17.2. The smallest absolute Gasteiger partial charge is 0.224 e. The van der Waals surface area contributed by atoms with Crippen LogP contribution in [-0.2, 0) is 4.79 Å². The number of piperidine rings is 1. The van der Waals surface area contributed by atoms with Gasteiger partial charge in [0.05, 0.1) is 6.04 Å². The molecule has 1 amide bonds. The summed E-state index contributed by atoms with van der Waals surface area (Å²) < 4.78 is 0. The van der Waals surface area contributed by atoms with Crippen molar-refractivity contribution in [2.45, 2.75) is 45.1 Å². The van der Waals surface area contributed by atoms with Crippen molar-refractivity contribution in [3.05, 3.63) is 16.1 Å². The topological polar surface area (TPSA) is 54.0 Å². The Labute approximate surface area is 154 Å². The summed E-state index contributed by atoms with van der Waals surface area (Å²) in [6.45, 7) is 4.17. The molecule has 4 rings (SSSR count). The van der Waals surface area contributed by atoms with Crippen LogP contribution in [0.15, 0.2) is 5.38 Å². The summed E-state index contributed by atoms with van der Waals surface area (Å²) in [5.74, 6) is 1.14. The molecule has 2 saturated carbocycles. The van der Waals surface area contributed by atoms with Gasteiger partial charge in [-0.2, -0.15) is 0 Å². The molecule has 2 atom stereocenters. The number of aryl methyl sites for hydroxylation is 1. The molecule has 1 aliphatic heterocycles. The Bertz CT molecular complexity index is 555. The average molecular weight is 378 g/mol. The summed E-state index contributed by atoms with van der Waals surface area (Å²) in [7, 11) is 0. The number of nitrogens with zero attached hydrogens (tertiary/aromatic N) is 1. The minimum Gasteiger partial charge on any atom is -0.346 e. The van der Waals surface area contributed by atoms with Gasteiger partial charge in [-0.3, -0.25) is 4.79 Å². The lowest BCUT2D eigenvalue weighted by Gasteiger charge is -2.24. The number of carbonyl (C=O) groups is 1. The molecule has 1 aromatic rings. The fourth-order valence-corrected chi connectivity index (χ4v) is 4.71. The van der Waals surface area contributed by atoms with E-state index >= 15 is 0 Å². The minimum absolute atomic E-state index is 0. The highest BCUT2D eigenvalue weighted by Crippen LogP contribution is 2.59. The maximum absolute atomic E-state index is 12.6. The number of nitrogens with one attached hydrogen (secondary N) is 2. The van der Waals surface area contributed by atoms with E-state index in [9.17, 15) is 4.79 Å². The van der Waals surface area contributed by atoms with Gasteiger partial charge in [-0.05, 0) is 63.5 Å². The van der Waals surface area contributed by atoms with Crippen molar-refractivity contribution in [1.29, 1.82) is 0 Å². The second-order valence-electron chi connectivity index (χ2n) is 7.02. The Morgan fingerprint density at radius 2 is 2.09 bits per heavy atom. The van der Waals surface area contributed by atoms with Crippen LogP contribution in [0.1, 0.15) is 48.8 Å². The molecule has 2 N–H and O–H groups in total. The predicted octanol–water partition coefficient (Wildman–Crippen LogP) is 3.25. The molecular formula is C16H25Cl2N3OS. The molecule has 2 unspecified atom stereocenters. The van der Waals surface area contributed by atoms with E-state index in [-0.39, 0.29) is 42.7 Å². The fraction of sp³-hybridized carbons (Fsp3) is 0.750. The second kappa shape index (κ2) is 7.26. The molecule has 23 heavy (non-hydrogen) atoms. The van der Waals surface area contributed by atoms with Crippen LogP contribution in [0, 0.1) is 24.2 Å². The van der Waals surface area contributed by atoms with Crippen LogP contribution in [0.25, 0.3) is 0 Å². The van der Waals surface area contributed by atoms with E-state index in [1.54, 1.807) is 11.3 Å². The minimum atomic E-state index is 0. The van der Waals surface area contributed by atoms with Crippen LogP contribution in [0.5, 0.6) is 0 Å². The highest BCUT2D eigenvalue weighted by atomic mass is 35.5. The highest BCUT2D eigenvalue weighted by Gasteiger charge is 2.58. The molecule has 0 aromatic carbocycles. The van der Waals surface area contributed by atoms with Crippen LogP contribution >= 0.6 is 36.2 Å². The van der Waals surface area contributed by atoms with Gasteiger partial charge in [-0.1, -0.05) is 0 Å². The summed E-state index contributed by atoms with van der Waals surface area (Å²) in [6, 6.07) is 0.163. The number of thiazole rings is 1. The zero-order valence-electron chi connectivity index (χ0n) is 13.3. The Morgan fingerprint density at radius 3 is 2.65 bits per heavy atom. The Balaban J connectivity index is 0.000000960. The van der Waals surface area contributed by atoms with Gasteiger partial charge in [-0.15, -0.1) is 36.2 Å². The standard InChI is InChI=1S/C16H23N3OS.2ClH/c1-10-9-21-15(18-10)13(11-2-3-11)19-14(20)12-8-16(12)4-6-17-7-5-16;;/h9,11-13,17H,2-8H2,1H3,(H,19,20);2*1H. The van der Waals surface area contributed by atoms with E-state index in [2.05, 4.69) is 21.0 Å². The molecule has 3 aliphatic rings. The van der Waals surface area contributed by atoms with Gasteiger partial charge in [0.15, 0.2) is 0 Å². The normalized spacial score (nSPS) is 25.9. The lowest BCUT2D eigenvalue weighted by atomic mass is 9.91. The van der Waals surface area contributed by atoms with E-state index in [1.165, 1.54) is 12.8 Å². The molecule has 1 spiro atoms. The van der Waals surface area contributed by atoms with Crippen molar-refractivity contribution in [2.75, 3.05) is 13.1 Å². The zero-order chi connectivity index (χ0) is 14.4. The first-order valence-corrected chi connectivity index (χ1v) is 8.99. The van der Waals surface area contributed by atoms with Crippen molar-refractivity contribution in [2.24, 2.45) is 17.3 Å².